The van der Waals surface area contributed by atoms with E-state index in [9.17, 15) is 4.79 Å². The molecule has 1 heterocycles. The smallest absolute Gasteiger partial charge is 0.270 e. The number of nitrogens with zero attached hydrogens (tertiary/aromatic N) is 1. The number of anilines is 1. The highest BCUT2D eigenvalue weighted by atomic mass is 16.5. The van der Waals surface area contributed by atoms with Crippen molar-refractivity contribution in [3.63, 3.8) is 0 Å². The number of aromatic nitrogens is 1. The molecule has 20 heavy (non-hydrogen) atoms. The number of ether oxygens (including phenoxy) is 1. The van der Waals surface area contributed by atoms with E-state index in [1.165, 1.54) is 0 Å². The Hall–Kier alpha value is -2.60. The van der Waals surface area contributed by atoms with Gasteiger partial charge in [-0.05, 0) is 24.3 Å². The molecule has 0 radical (unpaired) electrons. The molecule has 1 amide bonds. The van der Waals surface area contributed by atoms with Gasteiger partial charge in [-0.15, -0.1) is 0 Å². The molecular weight excluding hydrogens is 256 g/mol. The van der Waals surface area contributed by atoms with Crippen LogP contribution in [0.15, 0.2) is 48.5 Å². The number of hydrogen-bond donors (Lipinski definition) is 3. The molecule has 2 rings (SSSR count). The van der Waals surface area contributed by atoms with Crippen molar-refractivity contribution in [2.75, 3.05) is 18.6 Å². The lowest BCUT2D eigenvalue weighted by molar-refractivity contribution is 0.0942. The van der Waals surface area contributed by atoms with Crippen molar-refractivity contribution in [3.8, 4) is 5.75 Å². The van der Waals surface area contributed by atoms with Crippen LogP contribution in [0.25, 0.3) is 0 Å². The molecule has 6 nitrogen and oxygen atoms in total. The van der Waals surface area contributed by atoms with Gasteiger partial charge < -0.3 is 15.5 Å². The van der Waals surface area contributed by atoms with Crippen molar-refractivity contribution in [1.29, 1.82) is 0 Å². The van der Waals surface area contributed by atoms with E-state index in [4.69, 9.17) is 10.6 Å². The molecule has 1 aromatic carbocycles. The highest BCUT2D eigenvalue weighted by molar-refractivity contribution is 5.92. The van der Waals surface area contributed by atoms with Crippen LogP contribution in [0.2, 0.25) is 0 Å². The number of hydrogen-bond acceptors (Lipinski definition) is 5. The maximum atomic E-state index is 11.8. The van der Waals surface area contributed by atoms with Gasteiger partial charge >= 0.3 is 0 Å². The number of amides is 1. The van der Waals surface area contributed by atoms with Gasteiger partial charge in [0.15, 0.2) is 0 Å². The van der Waals surface area contributed by atoms with Crippen molar-refractivity contribution in [2.24, 2.45) is 5.84 Å². The summed E-state index contributed by atoms with van der Waals surface area (Å²) in [5, 5.41) is 2.73. The second-order valence-corrected chi connectivity index (χ2v) is 3.97. The average molecular weight is 272 g/mol. The lowest BCUT2D eigenvalue weighted by Gasteiger charge is -2.08. The molecule has 0 spiro atoms. The van der Waals surface area contributed by atoms with Gasteiger partial charge in [0.25, 0.3) is 5.91 Å². The first-order valence-electron chi connectivity index (χ1n) is 6.19. The summed E-state index contributed by atoms with van der Waals surface area (Å²) < 4.78 is 5.47. The molecule has 0 fully saturated rings. The summed E-state index contributed by atoms with van der Waals surface area (Å²) in [4.78, 5) is 15.9. The Kier molecular flexibility index (Phi) is 4.91. The molecule has 0 atom stereocenters. The minimum absolute atomic E-state index is 0.265. The van der Waals surface area contributed by atoms with Gasteiger partial charge in [-0.2, -0.15) is 0 Å². The van der Waals surface area contributed by atoms with Crippen molar-refractivity contribution < 1.29 is 9.53 Å². The number of carbonyl (C=O) groups is 1. The van der Waals surface area contributed by atoms with Gasteiger partial charge in [0.2, 0.25) is 0 Å². The average Bonchev–Trinajstić information content (AvgIpc) is 2.52. The Balaban J connectivity index is 1.77. The topological polar surface area (TPSA) is 89.3 Å². The van der Waals surface area contributed by atoms with Crippen molar-refractivity contribution >= 4 is 11.7 Å². The fourth-order valence-electron chi connectivity index (χ4n) is 1.58. The zero-order valence-corrected chi connectivity index (χ0v) is 10.9. The molecule has 6 heteroatoms. The van der Waals surface area contributed by atoms with Gasteiger partial charge in [-0.25, -0.2) is 10.8 Å². The standard InChI is InChI=1S/C14H16N4O2/c15-18-13-8-4-7-12(17-13)14(19)16-9-10-20-11-5-2-1-3-6-11/h1-8H,9-10,15H2,(H,16,19)(H,17,18). The van der Waals surface area contributed by atoms with E-state index in [-0.39, 0.29) is 5.91 Å². The highest BCUT2D eigenvalue weighted by Crippen LogP contribution is 2.07. The molecule has 0 aliphatic rings. The van der Waals surface area contributed by atoms with Gasteiger partial charge in [-0.3, -0.25) is 4.79 Å². The van der Waals surface area contributed by atoms with E-state index in [1.54, 1.807) is 18.2 Å². The third-order valence-corrected chi connectivity index (χ3v) is 2.53. The first-order valence-corrected chi connectivity index (χ1v) is 6.19. The fraction of sp³-hybridized carbons (Fsp3) is 0.143. The summed E-state index contributed by atoms with van der Waals surface area (Å²) in [6.07, 6.45) is 0. The first kappa shape index (κ1) is 13.8. The molecule has 104 valence electrons. The SMILES string of the molecule is NNc1cccc(C(=O)NCCOc2ccccc2)n1. The van der Waals surface area contributed by atoms with E-state index >= 15 is 0 Å². The lowest BCUT2D eigenvalue weighted by Crippen LogP contribution is -2.29. The van der Waals surface area contributed by atoms with Crippen LogP contribution >= 0.6 is 0 Å². The largest absolute Gasteiger partial charge is 0.492 e. The molecule has 0 aliphatic carbocycles. The van der Waals surface area contributed by atoms with Crippen LogP contribution in [-0.4, -0.2) is 24.0 Å². The van der Waals surface area contributed by atoms with E-state index in [0.29, 0.717) is 24.7 Å². The van der Waals surface area contributed by atoms with E-state index in [1.807, 2.05) is 30.3 Å². The molecule has 0 aliphatic heterocycles. The van der Waals surface area contributed by atoms with Gasteiger partial charge in [0.05, 0.1) is 6.54 Å². The monoisotopic (exact) mass is 272 g/mol. The maximum Gasteiger partial charge on any atom is 0.270 e. The van der Waals surface area contributed by atoms with E-state index < -0.39 is 0 Å². The Morgan fingerprint density at radius 2 is 1.95 bits per heavy atom. The number of hydrazine groups is 1. The molecule has 0 bridgehead atoms. The van der Waals surface area contributed by atoms with Crippen molar-refractivity contribution in [3.05, 3.63) is 54.2 Å². The molecule has 4 N–H and O–H groups in total. The lowest BCUT2D eigenvalue weighted by atomic mass is 10.3. The summed E-state index contributed by atoms with van der Waals surface area (Å²) in [5.74, 6) is 6.19. The van der Waals surface area contributed by atoms with Crippen LogP contribution in [0, 0.1) is 0 Å². The molecule has 0 saturated carbocycles. The van der Waals surface area contributed by atoms with Crippen LogP contribution < -0.4 is 21.3 Å². The minimum Gasteiger partial charge on any atom is -0.492 e. The molecule has 0 unspecified atom stereocenters. The predicted octanol–water partition coefficient (Wildman–Crippen LogP) is 1.18. The van der Waals surface area contributed by atoms with Gasteiger partial charge in [0, 0.05) is 0 Å². The molecule has 2 aromatic rings. The Bertz CT molecular complexity index is 560. The number of benzene rings is 1. The number of nitrogens with two attached hydrogens (primary N) is 1. The van der Waals surface area contributed by atoms with Gasteiger partial charge in [0.1, 0.15) is 23.9 Å². The van der Waals surface area contributed by atoms with Crippen LogP contribution in [0.3, 0.4) is 0 Å². The fourth-order valence-corrected chi connectivity index (χ4v) is 1.58. The predicted molar refractivity (Wildman–Crippen MR) is 76.3 cm³/mol. The number of nitrogen functional groups attached to an aromatic ring is 1. The second kappa shape index (κ2) is 7.10. The maximum absolute atomic E-state index is 11.8. The van der Waals surface area contributed by atoms with Crippen LogP contribution in [0.1, 0.15) is 10.5 Å². The normalized spacial score (nSPS) is 9.85. The summed E-state index contributed by atoms with van der Waals surface area (Å²) in [5.41, 5.74) is 2.70. The quantitative estimate of drug-likeness (QED) is 0.417. The molecule has 1 aromatic heterocycles. The second-order valence-electron chi connectivity index (χ2n) is 3.97. The zero-order chi connectivity index (χ0) is 14.2. The highest BCUT2D eigenvalue weighted by Gasteiger charge is 2.06. The van der Waals surface area contributed by atoms with Crippen LogP contribution in [0.5, 0.6) is 5.75 Å². The van der Waals surface area contributed by atoms with Gasteiger partial charge in [-0.1, -0.05) is 24.3 Å². The third-order valence-electron chi connectivity index (χ3n) is 2.53. The number of rotatable bonds is 6. The van der Waals surface area contributed by atoms with Crippen LogP contribution in [0.4, 0.5) is 5.82 Å². The summed E-state index contributed by atoms with van der Waals surface area (Å²) in [7, 11) is 0. The number of para-hydroxylation sites is 1. The van der Waals surface area contributed by atoms with E-state index in [0.717, 1.165) is 5.75 Å². The summed E-state index contributed by atoms with van der Waals surface area (Å²) >= 11 is 0. The number of carbonyl (C=O) groups excluding carboxylic acids is 1. The molecule has 0 saturated heterocycles. The number of pyridine rings is 1. The minimum atomic E-state index is -0.265. The molecular formula is C14H16N4O2. The first-order chi connectivity index (χ1) is 9.79. The van der Waals surface area contributed by atoms with Crippen LogP contribution in [-0.2, 0) is 0 Å². The Morgan fingerprint density at radius 3 is 2.70 bits per heavy atom. The number of nitrogens with one attached hydrogen (secondary N) is 2. The summed E-state index contributed by atoms with van der Waals surface area (Å²) in [6, 6.07) is 14.4. The Morgan fingerprint density at radius 1 is 1.15 bits per heavy atom. The van der Waals surface area contributed by atoms with Crippen molar-refractivity contribution in [1.82, 2.24) is 10.3 Å². The summed E-state index contributed by atoms with van der Waals surface area (Å²) in [6.45, 7) is 0.792. The van der Waals surface area contributed by atoms with Crippen molar-refractivity contribution in [2.45, 2.75) is 0 Å². The zero-order valence-electron chi connectivity index (χ0n) is 10.9. The Labute approximate surface area is 116 Å². The van der Waals surface area contributed by atoms with E-state index in [2.05, 4.69) is 15.7 Å². The third kappa shape index (κ3) is 3.96.